The van der Waals surface area contributed by atoms with Crippen LogP contribution in [0.1, 0.15) is 45.0 Å². The molecule has 0 spiro atoms. The number of aliphatic hydroxyl groups is 1. The minimum Gasteiger partial charge on any atom is -0.389 e. The Morgan fingerprint density at radius 2 is 1.88 bits per heavy atom. The van der Waals surface area contributed by atoms with E-state index in [1.54, 1.807) is 4.90 Å². The highest BCUT2D eigenvalue weighted by Gasteiger charge is 2.48. The zero-order valence-electron chi connectivity index (χ0n) is 19.0. The minimum absolute atomic E-state index is 0.0209. The number of aliphatic hydroxyl groups excluding tert-OH is 1. The Kier molecular flexibility index (Phi) is 5.20. The molecule has 2 fully saturated rings. The van der Waals surface area contributed by atoms with E-state index in [1.165, 1.54) is 27.9 Å². The number of benzene rings is 2. The number of rotatable bonds is 4. The first-order valence-corrected chi connectivity index (χ1v) is 11.5. The van der Waals surface area contributed by atoms with E-state index in [4.69, 9.17) is 0 Å². The van der Waals surface area contributed by atoms with Gasteiger partial charge in [-0.15, -0.1) is 0 Å². The van der Waals surface area contributed by atoms with Gasteiger partial charge in [-0.3, -0.25) is 9.59 Å². The van der Waals surface area contributed by atoms with Crippen molar-refractivity contribution in [2.24, 2.45) is 5.92 Å². The van der Waals surface area contributed by atoms with Gasteiger partial charge in [-0.25, -0.2) is 0 Å². The summed E-state index contributed by atoms with van der Waals surface area (Å²) in [5.41, 5.74) is 6.68. The number of amides is 2. The molecule has 5 rings (SSSR count). The molecule has 2 N–H and O–H groups in total. The van der Waals surface area contributed by atoms with Gasteiger partial charge >= 0.3 is 0 Å². The molecule has 2 aliphatic heterocycles. The lowest BCUT2D eigenvalue weighted by Crippen LogP contribution is -2.43. The van der Waals surface area contributed by atoms with Crippen molar-refractivity contribution in [2.75, 3.05) is 31.6 Å². The zero-order chi connectivity index (χ0) is 22.6. The fraction of sp³-hybridized carbons (Fsp3) is 0.462. The number of aryl methyl sites for hydroxylation is 2. The van der Waals surface area contributed by atoms with Gasteiger partial charge < -0.3 is 20.2 Å². The lowest BCUT2D eigenvalue weighted by atomic mass is 10.0. The van der Waals surface area contributed by atoms with E-state index in [0.717, 1.165) is 19.4 Å². The monoisotopic (exact) mass is 433 g/mol. The highest BCUT2D eigenvalue weighted by atomic mass is 16.3. The van der Waals surface area contributed by atoms with Gasteiger partial charge in [0.15, 0.2) is 0 Å². The molecule has 3 aliphatic rings. The highest BCUT2D eigenvalue weighted by Crippen LogP contribution is 2.49. The van der Waals surface area contributed by atoms with E-state index < -0.39 is 12.1 Å². The molecular formula is C26H31N3O3. The predicted molar refractivity (Wildman–Crippen MR) is 124 cm³/mol. The van der Waals surface area contributed by atoms with Crippen molar-refractivity contribution < 1.29 is 14.7 Å². The van der Waals surface area contributed by atoms with Crippen LogP contribution in [0.25, 0.3) is 0 Å². The van der Waals surface area contributed by atoms with E-state index >= 15 is 0 Å². The second-order valence-corrected chi connectivity index (χ2v) is 9.70. The van der Waals surface area contributed by atoms with Crippen LogP contribution in [-0.2, 0) is 11.2 Å². The second kappa shape index (κ2) is 7.93. The number of likely N-dealkylation sites (tertiary alicyclic amines) is 1. The summed E-state index contributed by atoms with van der Waals surface area (Å²) in [6, 6.07) is 11.7. The average Bonchev–Trinajstić information content (AvgIpc) is 3.38. The summed E-state index contributed by atoms with van der Waals surface area (Å²) in [6.07, 6.45) is 1.04. The SMILES string of the molecule is Cc1ccc([C@@H]2C[C@H]2C(=O)N2C[C@H](O)[C@H](NC(=O)c3ccc4c(c3)CCN4C)C2)cc1C. The topological polar surface area (TPSA) is 72.9 Å². The molecule has 2 amide bonds. The molecule has 0 bridgehead atoms. The van der Waals surface area contributed by atoms with Crippen LogP contribution < -0.4 is 10.2 Å². The molecule has 1 saturated carbocycles. The predicted octanol–water partition coefficient (Wildman–Crippen LogP) is 2.40. The molecule has 0 radical (unpaired) electrons. The van der Waals surface area contributed by atoms with Gasteiger partial charge in [-0.1, -0.05) is 18.2 Å². The number of nitrogens with zero attached hydrogens (tertiary/aromatic N) is 2. The number of hydrogen-bond donors (Lipinski definition) is 2. The third kappa shape index (κ3) is 3.77. The van der Waals surface area contributed by atoms with Crippen molar-refractivity contribution >= 4 is 17.5 Å². The van der Waals surface area contributed by atoms with Gasteiger partial charge in [-0.2, -0.15) is 0 Å². The van der Waals surface area contributed by atoms with Gasteiger partial charge in [0.2, 0.25) is 5.91 Å². The lowest BCUT2D eigenvalue weighted by Gasteiger charge is -2.18. The Morgan fingerprint density at radius 1 is 1.06 bits per heavy atom. The van der Waals surface area contributed by atoms with Gasteiger partial charge in [0.05, 0.1) is 12.1 Å². The van der Waals surface area contributed by atoms with E-state index in [0.29, 0.717) is 12.1 Å². The van der Waals surface area contributed by atoms with E-state index in [-0.39, 0.29) is 30.2 Å². The molecule has 32 heavy (non-hydrogen) atoms. The molecule has 0 aromatic heterocycles. The molecule has 4 atom stereocenters. The molecule has 1 aliphatic carbocycles. The molecule has 2 aromatic carbocycles. The summed E-state index contributed by atoms with van der Waals surface area (Å²) in [6.45, 7) is 5.78. The average molecular weight is 434 g/mol. The standard InChI is InChI=1S/C26H31N3O3/c1-15-4-5-17(10-16(15)2)20-12-21(20)26(32)29-13-22(24(30)14-29)27-25(31)19-6-7-23-18(11-19)8-9-28(23)3/h4-7,10-11,20-22,24,30H,8-9,12-14H2,1-3H3,(H,27,31)/t20-,21+,22+,24-/m0/s1. The normalized spacial score (nSPS) is 26.2. The quantitative estimate of drug-likeness (QED) is 0.777. The third-order valence-electron chi connectivity index (χ3n) is 7.45. The van der Waals surface area contributed by atoms with Crippen LogP contribution in [0.2, 0.25) is 0 Å². The summed E-state index contributed by atoms with van der Waals surface area (Å²) in [7, 11) is 2.05. The number of carbonyl (C=O) groups is 2. The van der Waals surface area contributed by atoms with Crippen LogP contribution >= 0.6 is 0 Å². The largest absolute Gasteiger partial charge is 0.389 e. The second-order valence-electron chi connectivity index (χ2n) is 9.70. The summed E-state index contributed by atoms with van der Waals surface area (Å²) in [5, 5.41) is 13.5. The summed E-state index contributed by atoms with van der Waals surface area (Å²) in [4.78, 5) is 29.8. The minimum atomic E-state index is -0.748. The highest BCUT2D eigenvalue weighted by molar-refractivity contribution is 5.95. The first kappa shape index (κ1) is 21.0. The maximum atomic E-state index is 13.0. The molecule has 1 saturated heterocycles. The number of carbonyl (C=O) groups excluding carboxylic acids is 2. The Balaban J connectivity index is 1.20. The van der Waals surface area contributed by atoms with Crippen LogP contribution in [0.5, 0.6) is 0 Å². The third-order valence-corrected chi connectivity index (χ3v) is 7.45. The van der Waals surface area contributed by atoms with Crippen LogP contribution in [0.15, 0.2) is 36.4 Å². The van der Waals surface area contributed by atoms with Gasteiger partial charge in [0.25, 0.3) is 5.91 Å². The molecule has 0 unspecified atom stereocenters. The fourth-order valence-corrected chi connectivity index (χ4v) is 5.13. The zero-order valence-corrected chi connectivity index (χ0v) is 19.0. The Bertz CT molecular complexity index is 1080. The van der Waals surface area contributed by atoms with E-state index in [1.807, 2.05) is 18.2 Å². The lowest BCUT2D eigenvalue weighted by molar-refractivity contribution is -0.132. The maximum absolute atomic E-state index is 13.0. The van der Waals surface area contributed by atoms with Gasteiger partial charge in [0.1, 0.15) is 0 Å². The Hall–Kier alpha value is -2.86. The first-order chi connectivity index (χ1) is 15.3. The van der Waals surface area contributed by atoms with Crippen LogP contribution in [0.4, 0.5) is 5.69 Å². The first-order valence-electron chi connectivity index (χ1n) is 11.5. The number of hydrogen-bond acceptors (Lipinski definition) is 4. The van der Waals surface area contributed by atoms with Crippen LogP contribution in [0.3, 0.4) is 0 Å². The van der Waals surface area contributed by atoms with Gasteiger partial charge in [-0.05, 0) is 73.1 Å². The molecular weight excluding hydrogens is 402 g/mol. The van der Waals surface area contributed by atoms with Gasteiger partial charge in [0, 0.05) is 43.9 Å². The summed E-state index contributed by atoms with van der Waals surface area (Å²) in [5.74, 6) is 0.134. The van der Waals surface area contributed by atoms with Crippen molar-refractivity contribution in [3.05, 3.63) is 64.2 Å². The summed E-state index contributed by atoms with van der Waals surface area (Å²) >= 11 is 0. The number of fused-ring (bicyclic) bond motifs is 1. The molecule has 6 heteroatoms. The fourth-order valence-electron chi connectivity index (χ4n) is 5.13. The molecule has 2 heterocycles. The number of likely N-dealkylation sites (N-methyl/N-ethyl adjacent to an activating group) is 1. The van der Waals surface area contributed by atoms with Crippen molar-refractivity contribution in [3.63, 3.8) is 0 Å². The van der Waals surface area contributed by atoms with Crippen LogP contribution in [-0.4, -0.2) is 60.6 Å². The number of β-amino-alcohol motifs (C(OH)–C–C–N with tert-alkyl or cyclic N) is 1. The van der Waals surface area contributed by atoms with E-state index in [9.17, 15) is 14.7 Å². The van der Waals surface area contributed by atoms with Crippen molar-refractivity contribution in [1.82, 2.24) is 10.2 Å². The number of anilines is 1. The van der Waals surface area contributed by atoms with E-state index in [2.05, 4.69) is 49.3 Å². The maximum Gasteiger partial charge on any atom is 0.251 e. The smallest absolute Gasteiger partial charge is 0.251 e. The van der Waals surface area contributed by atoms with Crippen molar-refractivity contribution in [2.45, 2.75) is 44.8 Å². The molecule has 2 aromatic rings. The molecule has 6 nitrogen and oxygen atoms in total. The number of nitrogens with one attached hydrogen (secondary N) is 1. The van der Waals surface area contributed by atoms with Crippen molar-refractivity contribution in [3.8, 4) is 0 Å². The summed E-state index contributed by atoms with van der Waals surface area (Å²) < 4.78 is 0. The Morgan fingerprint density at radius 3 is 2.66 bits per heavy atom. The van der Waals surface area contributed by atoms with Crippen molar-refractivity contribution in [1.29, 1.82) is 0 Å². The Labute approximate surface area is 189 Å². The van der Waals surface area contributed by atoms with Crippen LogP contribution in [0, 0.1) is 19.8 Å². The molecule has 168 valence electrons.